The highest BCUT2D eigenvalue weighted by atomic mass is 19.2. The zero-order valence-corrected chi connectivity index (χ0v) is 19.5. The molecule has 2 bridgehead atoms. The van der Waals surface area contributed by atoms with Gasteiger partial charge in [0.1, 0.15) is 6.04 Å². The average Bonchev–Trinajstić information content (AvgIpc) is 3.52. The van der Waals surface area contributed by atoms with Crippen molar-refractivity contribution in [1.29, 1.82) is 0 Å². The molecule has 1 N–H and O–H groups in total. The summed E-state index contributed by atoms with van der Waals surface area (Å²) in [5.41, 5.74) is 3.60. The molecule has 3 aliphatic rings. The topological polar surface area (TPSA) is 52.7 Å². The van der Waals surface area contributed by atoms with Crippen LogP contribution in [0.1, 0.15) is 23.1 Å². The van der Waals surface area contributed by atoms with E-state index in [9.17, 15) is 18.4 Å². The summed E-state index contributed by atoms with van der Waals surface area (Å²) < 4.78 is 28.6. The Morgan fingerprint density at radius 1 is 1.00 bits per heavy atom. The molecule has 1 aliphatic carbocycles. The van der Waals surface area contributed by atoms with Crippen molar-refractivity contribution in [3.8, 4) is 0 Å². The van der Waals surface area contributed by atoms with Gasteiger partial charge in [-0.1, -0.05) is 66.7 Å². The molecule has 5 nitrogen and oxygen atoms in total. The Kier molecular flexibility index (Phi) is 5.55. The Hall–Kier alpha value is -4.00. The number of benzene rings is 3. The van der Waals surface area contributed by atoms with Crippen molar-refractivity contribution in [2.24, 2.45) is 5.92 Å². The second kappa shape index (κ2) is 8.90. The molecule has 0 spiro atoms. The number of urea groups is 1. The molecular formula is C29H25F2N3O2. The number of nitrogens with zero attached hydrogens (tertiary/aromatic N) is 2. The van der Waals surface area contributed by atoms with E-state index in [-0.39, 0.29) is 42.1 Å². The number of amides is 3. The van der Waals surface area contributed by atoms with Crippen LogP contribution in [0.4, 0.5) is 19.3 Å². The summed E-state index contributed by atoms with van der Waals surface area (Å²) in [5, 5.41) is 2.65. The van der Waals surface area contributed by atoms with Crippen LogP contribution >= 0.6 is 0 Å². The molecule has 3 atom stereocenters. The average molecular weight is 486 g/mol. The lowest BCUT2D eigenvalue weighted by Gasteiger charge is -2.38. The smallest absolute Gasteiger partial charge is 0.322 e. The second-order valence-electron chi connectivity index (χ2n) is 9.63. The maximum Gasteiger partial charge on any atom is 0.322 e. The van der Waals surface area contributed by atoms with Crippen LogP contribution in [0, 0.1) is 17.6 Å². The molecule has 0 unspecified atom stereocenters. The summed E-state index contributed by atoms with van der Waals surface area (Å²) in [5.74, 6) is -1.92. The maximum atomic E-state index is 14.6. The number of halogens is 2. The molecule has 6 rings (SSSR count). The summed E-state index contributed by atoms with van der Waals surface area (Å²) in [7, 11) is 0. The number of carbonyl (C=O) groups excluding carboxylic acids is 2. The van der Waals surface area contributed by atoms with E-state index in [1.165, 1.54) is 22.1 Å². The fraction of sp³-hybridized carbons (Fsp3) is 0.241. The van der Waals surface area contributed by atoms with Crippen LogP contribution in [-0.4, -0.2) is 40.4 Å². The molecule has 182 valence electrons. The normalized spacial score (nSPS) is 21.2. The van der Waals surface area contributed by atoms with Crippen LogP contribution < -0.4 is 5.32 Å². The number of carbonyl (C=O) groups is 2. The van der Waals surface area contributed by atoms with Crippen molar-refractivity contribution >= 4 is 23.2 Å². The van der Waals surface area contributed by atoms with Gasteiger partial charge in [0.2, 0.25) is 5.91 Å². The second-order valence-corrected chi connectivity index (χ2v) is 9.63. The predicted octanol–water partition coefficient (Wildman–Crippen LogP) is 5.24. The Labute approximate surface area is 208 Å². The van der Waals surface area contributed by atoms with Gasteiger partial charge in [0, 0.05) is 24.4 Å². The highest BCUT2D eigenvalue weighted by molar-refractivity contribution is 5.96. The van der Waals surface area contributed by atoms with Gasteiger partial charge in [-0.2, -0.15) is 0 Å². The van der Waals surface area contributed by atoms with Crippen LogP contribution in [0.3, 0.4) is 0 Å². The van der Waals surface area contributed by atoms with Crippen molar-refractivity contribution in [2.75, 3.05) is 11.9 Å². The van der Waals surface area contributed by atoms with Crippen molar-refractivity contribution in [2.45, 2.75) is 31.5 Å². The van der Waals surface area contributed by atoms with Gasteiger partial charge in [0.05, 0.1) is 18.3 Å². The molecule has 3 aromatic carbocycles. The fourth-order valence-corrected chi connectivity index (χ4v) is 5.71. The molecule has 1 saturated heterocycles. The van der Waals surface area contributed by atoms with Gasteiger partial charge in [0.15, 0.2) is 11.6 Å². The molecule has 3 aromatic rings. The van der Waals surface area contributed by atoms with Crippen molar-refractivity contribution in [3.05, 3.63) is 107 Å². The molecule has 1 fully saturated rings. The zero-order chi connectivity index (χ0) is 24.8. The number of anilines is 1. The third-order valence-electron chi connectivity index (χ3n) is 7.51. The minimum Gasteiger partial charge on any atom is -0.334 e. The van der Waals surface area contributed by atoms with E-state index < -0.39 is 23.7 Å². The van der Waals surface area contributed by atoms with E-state index in [4.69, 9.17) is 0 Å². The Morgan fingerprint density at radius 2 is 1.72 bits per heavy atom. The molecule has 7 heteroatoms. The molecule has 2 aliphatic heterocycles. The third kappa shape index (κ3) is 3.85. The molecule has 2 heterocycles. The fourth-order valence-electron chi connectivity index (χ4n) is 5.71. The van der Waals surface area contributed by atoms with Gasteiger partial charge in [0.25, 0.3) is 0 Å². The van der Waals surface area contributed by atoms with Gasteiger partial charge in [-0.3, -0.25) is 4.79 Å². The molecule has 36 heavy (non-hydrogen) atoms. The van der Waals surface area contributed by atoms with E-state index in [0.29, 0.717) is 6.54 Å². The molecule has 0 saturated carbocycles. The van der Waals surface area contributed by atoms with E-state index >= 15 is 0 Å². The first-order valence-electron chi connectivity index (χ1n) is 12.2. The number of fused-ring (bicyclic) bond motifs is 3. The summed E-state index contributed by atoms with van der Waals surface area (Å²) in [4.78, 5) is 30.3. The SMILES string of the molecule is O=C([C@H](Cc1ccccc1)N1Cc2c(ccc(F)c2F)NC1=O)N1C[C@@H]2C[C@H]1C=C2c1ccccc1. The quantitative estimate of drug-likeness (QED) is 0.538. The monoisotopic (exact) mass is 485 g/mol. The molecule has 0 radical (unpaired) electrons. The van der Waals surface area contributed by atoms with E-state index in [0.717, 1.165) is 18.1 Å². The zero-order valence-electron chi connectivity index (χ0n) is 19.5. The molecule has 3 amide bonds. The van der Waals surface area contributed by atoms with Gasteiger partial charge < -0.3 is 15.1 Å². The van der Waals surface area contributed by atoms with Gasteiger partial charge >= 0.3 is 6.03 Å². The number of likely N-dealkylation sites (tertiary alicyclic amines) is 1. The van der Waals surface area contributed by atoms with Gasteiger partial charge in [-0.15, -0.1) is 0 Å². The van der Waals surface area contributed by atoms with Crippen molar-refractivity contribution < 1.29 is 18.4 Å². The summed E-state index contributed by atoms with van der Waals surface area (Å²) in [6.07, 6.45) is 3.28. The third-order valence-corrected chi connectivity index (χ3v) is 7.51. The van der Waals surface area contributed by atoms with Crippen LogP contribution in [0.25, 0.3) is 5.57 Å². The maximum absolute atomic E-state index is 14.6. The van der Waals surface area contributed by atoms with Crippen LogP contribution in [-0.2, 0) is 17.8 Å². The van der Waals surface area contributed by atoms with Crippen LogP contribution in [0.15, 0.2) is 78.9 Å². The summed E-state index contributed by atoms with van der Waals surface area (Å²) in [6.45, 7) is 0.394. The van der Waals surface area contributed by atoms with Crippen LogP contribution in [0.5, 0.6) is 0 Å². The van der Waals surface area contributed by atoms with Crippen molar-refractivity contribution in [3.63, 3.8) is 0 Å². The number of hydrogen-bond acceptors (Lipinski definition) is 2. The van der Waals surface area contributed by atoms with E-state index in [1.54, 1.807) is 0 Å². The molecule has 0 aromatic heterocycles. The van der Waals surface area contributed by atoms with Gasteiger partial charge in [-0.25, -0.2) is 13.6 Å². The van der Waals surface area contributed by atoms with Crippen molar-refractivity contribution in [1.82, 2.24) is 9.80 Å². The van der Waals surface area contributed by atoms with E-state index in [2.05, 4.69) is 23.5 Å². The Balaban J connectivity index is 1.31. The first kappa shape index (κ1) is 22.5. The first-order valence-corrected chi connectivity index (χ1v) is 12.2. The highest BCUT2D eigenvalue weighted by Crippen LogP contribution is 2.43. The lowest BCUT2D eigenvalue weighted by molar-refractivity contribution is -0.136. The minimum atomic E-state index is -1.00. The van der Waals surface area contributed by atoms with Crippen LogP contribution in [0.2, 0.25) is 0 Å². The number of nitrogens with one attached hydrogen (secondary N) is 1. The standard InChI is InChI=1S/C29H25F2N3O2/c30-24-11-12-25-23(27(24)31)17-34(29(36)32-25)26(13-18-7-3-1-4-8-18)28(35)33-16-20-14-21(33)15-22(20)19-9-5-2-6-10-19/h1-12,15,20-21,26H,13-14,16-17H2,(H,32,36)/t20-,21-,26-/m0/s1. The summed E-state index contributed by atoms with van der Waals surface area (Å²) >= 11 is 0. The lowest BCUT2D eigenvalue weighted by atomic mass is 9.95. The highest BCUT2D eigenvalue weighted by Gasteiger charge is 2.45. The van der Waals surface area contributed by atoms with Gasteiger partial charge in [-0.05, 0) is 35.3 Å². The minimum absolute atomic E-state index is 0.0506. The van der Waals surface area contributed by atoms with E-state index in [1.807, 2.05) is 53.4 Å². The lowest BCUT2D eigenvalue weighted by Crippen LogP contribution is -2.55. The largest absolute Gasteiger partial charge is 0.334 e. The summed E-state index contributed by atoms with van der Waals surface area (Å²) in [6, 6.07) is 20.6. The Bertz CT molecular complexity index is 1360. The predicted molar refractivity (Wildman–Crippen MR) is 133 cm³/mol. The number of hydrogen-bond donors (Lipinski definition) is 1. The molecular weight excluding hydrogens is 460 g/mol. The Morgan fingerprint density at radius 3 is 2.42 bits per heavy atom. The number of rotatable bonds is 5. The first-order chi connectivity index (χ1) is 17.5.